The fourth-order valence-corrected chi connectivity index (χ4v) is 2.93. The number of nitrogens with zero attached hydrogens (tertiary/aromatic N) is 1. The van der Waals surface area contributed by atoms with Crippen LogP contribution in [0.5, 0.6) is 0 Å². The first-order chi connectivity index (χ1) is 8.72. The third kappa shape index (κ3) is 3.29. The number of hydrogen-bond donors (Lipinski definition) is 1. The zero-order valence-electron chi connectivity index (χ0n) is 10.3. The molecule has 1 saturated heterocycles. The molecule has 0 aliphatic carbocycles. The lowest BCUT2D eigenvalue weighted by molar-refractivity contribution is 0.122. The molecule has 1 aromatic rings. The van der Waals surface area contributed by atoms with Crippen LogP contribution in [0.4, 0.5) is 5.69 Å². The smallest absolute Gasteiger partial charge is 0.0746 e. The summed E-state index contributed by atoms with van der Waals surface area (Å²) in [7, 11) is 0. The second kappa shape index (κ2) is 6.62. The van der Waals surface area contributed by atoms with E-state index < -0.39 is 0 Å². The van der Waals surface area contributed by atoms with Gasteiger partial charge in [0.2, 0.25) is 0 Å². The van der Waals surface area contributed by atoms with Gasteiger partial charge >= 0.3 is 0 Å². The number of anilines is 1. The highest BCUT2D eigenvalue weighted by atomic mass is 35.5. The van der Waals surface area contributed by atoms with Crippen molar-refractivity contribution >= 4 is 28.9 Å². The molecular formula is C13H18Cl2N2O. The largest absolute Gasteiger partial charge is 0.378 e. The van der Waals surface area contributed by atoms with Crippen molar-refractivity contribution < 1.29 is 4.74 Å². The van der Waals surface area contributed by atoms with E-state index in [-0.39, 0.29) is 0 Å². The van der Waals surface area contributed by atoms with E-state index in [1.807, 2.05) is 12.1 Å². The van der Waals surface area contributed by atoms with Gasteiger partial charge in [-0.1, -0.05) is 23.2 Å². The number of rotatable bonds is 4. The topological polar surface area (TPSA) is 38.5 Å². The molecule has 5 heteroatoms. The zero-order valence-corrected chi connectivity index (χ0v) is 11.8. The van der Waals surface area contributed by atoms with Crippen LogP contribution in [0.25, 0.3) is 0 Å². The van der Waals surface area contributed by atoms with E-state index in [1.165, 1.54) is 0 Å². The summed E-state index contributed by atoms with van der Waals surface area (Å²) < 4.78 is 5.34. The van der Waals surface area contributed by atoms with Gasteiger partial charge < -0.3 is 15.4 Å². The molecule has 3 nitrogen and oxygen atoms in total. The first-order valence-corrected chi connectivity index (χ1v) is 6.98. The van der Waals surface area contributed by atoms with Crippen LogP contribution in [0.3, 0.4) is 0 Å². The highest BCUT2D eigenvalue weighted by Gasteiger charge is 2.18. The number of ether oxygens (including phenoxy) is 1. The maximum Gasteiger partial charge on any atom is 0.0746 e. The van der Waals surface area contributed by atoms with E-state index >= 15 is 0 Å². The summed E-state index contributed by atoms with van der Waals surface area (Å²) in [6.45, 7) is 3.80. The molecule has 2 rings (SSSR count). The van der Waals surface area contributed by atoms with E-state index in [2.05, 4.69) is 4.90 Å². The van der Waals surface area contributed by atoms with Gasteiger partial charge in [-0.2, -0.15) is 0 Å². The molecule has 1 aliphatic rings. The molecule has 1 aliphatic heterocycles. The number of halogens is 2. The number of aryl methyl sites for hydroxylation is 1. The predicted molar refractivity (Wildman–Crippen MR) is 76.9 cm³/mol. The lowest BCUT2D eigenvalue weighted by Crippen LogP contribution is -2.36. The van der Waals surface area contributed by atoms with Crippen LogP contribution in [0.15, 0.2) is 12.1 Å². The van der Waals surface area contributed by atoms with Gasteiger partial charge in [0, 0.05) is 13.1 Å². The molecule has 0 spiro atoms. The van der Waals surface area contributed by atoms with Crippen molar-refractivity contribution in [3.05, 3.63) is 27.7 Å². The molecule has 1 heterocycles. The summed E-state index contributed by atoms with van der Waals surface area (Å²) in [5.74, 6) is 0. The maximum absolute atomic E-state index is 6.35. The molecule has 0 unspecified atom stereocenters. The molecule has 0 bridgehead atoms. The van der Waals surface area contributed by atoms with Gasteiger partial charge in [-0.3, -0.25) is 0 Å². The third-order valence-corrected chi connectivity index (χ3v) is 3.65. The van der Waals surface area contributed by atoms with E-state index in [9.17, 15) is 0 Å². The lowest BCUT2D eigenvalue weighted by atomic mass is 10.1. The molecule has 0 aromatic heterocycles. The Labute approximate surface area is 118 Å². The Kier molecular flexibility index (Phi) is 5.13. The Morgan fingerprint density at radius 1 is 1.17 bits per heavy atom. The van der Waals surface area contributed by atoms with E-state index in [4.69, 9.17) is 33.7 Å². The molecule has 2 N–H and O–H groups in total. The van der Waals surface area contributed by atoms with Gasteiger partial charge in [-0.05, 0) is 37.1 Å². The number of nitrogens with two attached hydrogens (primary N) is 1. The molecular weight excluding hydrogens is 271 g/mol. The molecule has 0 saturated carbocycles. The van der Waals surface area contributed by atoms with Crippen LogP contribution in [-0.2, 0) is 11.2 Å². The van der Waals surface area contributed by atoms with Crippen LogP contribution >= 0.6 is 23.2 Å². The average molecular weight is 289 g/mol. The lowest BCUT2D eigenvalue weighted by Gasteiger charge is -2.30. The molecule has 1 aromatic carbocycles. The normalized spacial score (nSPS) is 16.1. The molecule has 0 radical (unpaired) electrons. The van der Waals surface area contributed by atoms with Crippen LogP contribution in [-0.4, -0.2) is 32.8 Å². The Hall–Kier alpha value is -0.480. The van der Waals surface area contributed by atoms with E-state index in [0.29, 0.717) is 6.54 Å². The highest BCUT2D eigenvalue weighted by molar-refractivity contribution is 6.39. The van der Waals surface area contributed by atoms with Gasteiger partial charge in [0.05, 0.1) is 28.9 Å². The first-order valence-electron chi connectivity index (χ1n) is 6.23. The molecule has 100 valence electrons. The number of morpholine rings is 1. The van der Waals surface area contributed by atoms with Crippen molar-refractivity contribution in [3.8, 4) is 0 Å². The standard InChI is InChI=1S/C13H18Cl2N2O/c14-11-8-10(2-1-3-16)9-12(15)13(11)17-4-6-18-7-5-17/h8-9H,1-7,16H2. The summed E-state index contributed by atoms with van der Waals surface area (Å²) in [6.07, 6.45) is 1.86. The van der Waals surface area contributed by atoms with Gasteiger partial charge in [0.25, 0.3) is 0 Å². The fourth-order valence-electron chi connectivity index (χ4n) is 2.16. The average Bonchev–Trinajstić information content (AvgIpc) is 2.37. The van der Waals surface area contributed by atoms with Crippen LogP contribution in [0.2, 0.25) is 10.0 Å². The van der Waals surface area contributed by atoms with Crippen molar-refractivity contribution in [2.45, 2.75) is 12.8 Å². The van der Waals surface area contributed by atoms with Crippen LogP contribution in [0.1, 0.15) is 12.0 Å². The van der Waals surface area contributed by atoms with Crippen LogP contribution in [0, 0.1) is 0 Å². The van der Waals surface area contributed by atoms with E-state index in [0.717, 1.165) is 60.4 Å². The summed E-state index contributed by atoms with van der Waals surface area (Å²) in [5.41, 5.74) is 7.59. The van der Waals surface area contributed by atoms with Crippen molar-refractivity contribution in [2.24, 2.45) is 5.73 Å². The second-order valence-electron chi connectivity index (χ2n) is 4.40. The summed E-state index contributed by atoms with van der Waals surface area (Å²) in [6, 6.07) is 3.99. The first kappa shape index (κ1) is 13.9. The highest BCUT2D eigenvalue weighted by Crippen LogP contribution is 2.35. The molecule has 0 atom stereocenters. The Morgan fingerprint density at radius 2 is 1.78 bits per heavy atom. The minimum atomic E-state index is 0.681. The molecule has 0 amide bonds. The minimum Gasteiger partial charge on any atom is -0.378 e. The van der Waals surface area contributed by atoms with E-state index in [1.54, 1.807) is 0 Å². The van der Waals surface area contributed by atoms with Gasteiger partial charge in [0.15, 0.2) is 0 Å². The third-order valence-electron chi connectivity index (χ3n) is 3.07. The monoisotopic (exact) mass is 288 g/mol. The summed E-state index contributed by atoms with van der Waals surface area (Å²) >= 11 is 12.7. The molecule has 1 fully saturated rings. The summed E-state index contributed by atoms with van der Waals surface area (Å²) in [5, 5.41) is 1.44. The predicted octanol–water partition coefficient (Wildman–Crippen LogP) is 2.72. The number of hydrogen-bond acceptors (Lipinski definition) is 3. The fraction of sp³-hybridized carbons (Fsp3) is 0.538. The second-order valence-corrected chi connectivity index (χ2v) is 5.21. The minimum absolute atomic E-state index is 0.681. The zero-order chi connectivity index (χ0) is 13.0. The van der Waals surface area contributed by atoms with Crippen molar-refractivity contribution in [1.82, 2.24) is 0 Å². The van der Waals surface area contributed by atoms with Crippen molar-refractivity contribution in [3.63, 3.8) is 0 Å². The van der Waals surface area contributed by atoms with Gasteiger partial charge in [-0.25, -0.2) is 0 Å². The number of benzene rings is 1. The quantitative estimate of drug-likeness (QED) is 0.926. The van der Waals surface area contributed by atoms with Gasteiger partial charge in [0.1, 0.15) is 0 Å². The van der Waals surface area contributed by atoms with Gasteiger partial charge in [-0.15, -0.1) is 0 Å². The van der Waals surface area contributed by atoms with Crippen molar-refractivity contribution in [2.75, 3.05) is 37.7 Å². The maximum atomic E-state index is 6.35. The summed E-state index contributed by atoms with van der Waals surface area (Å²) in [4.78, 5) is 2.18. The molecule has 18 heavy (non-hydrogen) atoms. The van der Waals surface area contributed by atoms with Crippen molar-refractivity contribution in [1.29, 1.82) is 0 Å². The Bertz CT molecular complexity index is 383. The Morgan fingerprint density at radius 3 is 2.33 bits per heavy atom. The SMILES string of the molecule is NCCCc1cc(Cl)c(N2CCOCC2)c(Cl)c1. The Balaban J connectivity index is 2.20. The van der Waals surface area contributed by atoms with Crippen LogP contribution < -0.4 is 10.6 Å².